The second kappa shape index (κ2) is 11.0. The summed E-state index contributed by atoms with van der Waals surface area (Å²) in [5, 5.41) is 8.71. The van der Waals surface area contributed by atoms with Crippen molar-refractivity contribution in [2.45, 2.75) is 64.9 Å². The lowest BCUT2D eigenvalue weighted by Crippen LogP contribution is -2.13. The molecule has 1 N–H and O–H groups in total. The van der Waals surface area contributed by atoms with Gasteiger partial charge in [0.1, 0.15) is 0 Å². The molecule has 86 valence electrons. The van der Waals surface area contributed by atoms with Gasteiger partial charge in [0, 0.05) is 6.61 Å². The quantitative estimate of drug-likeness (QED) is 0.551. The normalized spacial score (nSPS) is 13.1. The number of hydrogen-bond donors (Lipinski definition) is 1. The Hall–Kier alpha value is -0.0800. The Morgan fingerprint density at radius 2 is 1.57 bits per heavy atom. The molecule has 0 radical (unpaired) electrons. The van der Waals surface area contributed by atoms with E-state index in [2.05, 4.69) is 6.92 Å². The predicted octanol–water partition coefficient (Wildman–Crippen LogP) is 3.13. The van der Waals surface area contributed by atoms with Crippen LogP contribution in [0.25, 0.3) is 0 Å². The summed E-state index contributed by atoms with van der Waals surface area (Å²) in [7, 11) is 0. The van der Waals surface area contributed by atoms with Gasteiger partial charge < -0.3 is 9.84 Å². The van der Waals surface area contributed by atoms with E-state index in [-0.39, 0.29) is 12.7 Å². The summed E-state index contributed by atoms with van der Waals surface area (Å²) in [6, 6.07) is 0. The molecule has 0 aromatic carbocycles. The molecule has 0 aliphatic rings. The van der Waals surface area contributed by atoms with Crippen LogP contribution in [0.3, 0.4) is 0 Å². The van der Waals surface area contributed by atoms with Gasteiger partial charge in [0.25, 0.3) is 0 Å². The van der Waals surface area contributed by atoms with E-state index >= 15 is 0 Å². The molecule has 0 fully saturated rings. The van der Waals surface area contributed by atoms with Crippen molar-refractivity contribution in [2.75, 3.05) is 13.2 Å². The fraction of sp³-hybridized carbons (Fsp3) is 1.00. The van der Waals surface area contributed by atoms with Crippen LogP contribution in [0, 0.1) is 0 Å². The lowest BCUT2D eigenvalue weighted by atomic mass is 10.1. The first kappa shape index (κ1) is 13.9. The molecule has 14 heavy (non-hydrogen) atoms. The summed E-state index contributed by atoms with van der Waals surface area (Å²) in [6.45, 7) is 5.08. The number of aliphatic hydroxyl groups excluding tert-OH is 1. The number of aliphatic hydroxyl groups is 1. The fourth-order valence-corrected chi connectivity index (χ4v) is 1.40. The SMILES string of the molecule is CCCCCCCCCOC(C)CO. The van der Waals surface area contributed by atoms with Gasteiger partial charge in [-0.15, -0.1) is 0 Å². The Morgan fingerprint density at radius 1 is 1.00 bits per heavy atom. The minimum Gasteiger partial charge on any atom is -0.394 e. The van der Waals surface area contributed by atoms with Crippen molar-refractivity contribution >= 4 is 0 Å². The number of ether oxygens (including phenoxy) is 1. The van der Waals surface area contributed by atoms with E-state index < -0.39 is 0 Å². The highest BCUT2D eigenvalue weighted by Gasteiger charge is 1.98. The van der Waals surface area contributed by atoms with Crippen molar-refractivity contribution in [1.29, 1.82) is 0 Å². The van der Waals surface area contributed by atoms with Crippen LogP contribution in [0.15, 0.2) is 0 Å². The smallest absolute Gasteiger partial charge is 0.0777 e. The molecule has 1 atom stereocenters. The van der Waals surface area contributed by atoms with Crippen molar-refractivity contribution in [3.63, 3.8) is 0 Å². The van der Waals surface area contributed by atoms with E-state index in [4.69, 9.17) is 9.84 Å². The van der Waals surface area contributed by atoms with Crippen molar-refractivity contribution < 1.29 is 9.84 Å². The Balaban J connectivity index is 2.92. The van der Waals surface area contributed by atoms with Crippen molar-refractivity contribution in [3.05, 3.63) is 0 Å². The van der Waals surface area contributed by atoms with Gasteiger partial charge in [0.2, 0.25) is 0 Å². The summed E-state index contributed by atoms with van der Waals surface area (Å²) < 4.78 is 5.37. The molecule has 0 heterocycles. The fourth-order valence-electron chi connectivity index (χ4n) is 1.40. The molecular weight excluding hydrogens is 176 g/mol. The minimum atomic E-state index is 0.00934. The molecule has 0 aromatic rings. The summed E-state index contributed by atoms with van der Waals surface area (Å²) in [5.74, 6) is 0. The van der Waals surface area contributed by atoms with Gasteiger partial charge >= 0.3 is 0 Å². The van der Waals surface area contributed by atoms with Gasteiger partial charge in [-0.1, -0.05) is 45.4 Å². The maximum absolute atomic E-state index is 8.71. The lowest BCUT2D eigenvalue weighted by molar-refractivity contribution is 0.0231. The molecule has 0 aliphatic heterocycles. The van der Waals surface area contributed by atoms with Crippen LogP contribution < -0.4 is 0 Å². The second-order valence-corrected chi connectivity index (χ2v) is 3.99. The van der Waals surface area contributed by atoms with Crippen LogP contribution in [0.4, 0.5) is 0 Å². The molecule has 0 spiro atoms. The van der Waals surface area contributed by atoms with Gasteiger partial charge in [-0.05, 0) is 13.3 Å². The largest absolute Gasteiger partial charge is 0.394 e. The van der Waals surface area contributed by atoms with Crippen LogP contribution >= 0.6 is 0 Å². The molecule has 0 bridgehead atoms. The molecular formula is C12H26O2. The van der Waals surface area contributed by atoms with Gasteiger partial charge in [-0.25, -0.2) is 0 Å². The standard InChI is InChI=1S/C12H26O2/c1-3-4-5-6-7-8-9-10-14-12(2)11-13/h12-13H,3-11H2,1-2H3. The highest BCUT2D eigenvalue weighted by molar-refractivity contribution is 4.47. The Morgan fingerprint density at radius 3 is 2.14 bits per heavy atom. The van der Waals surface area contributed by atoms with Crippen LogP contribution in [0.1, 0.15) is 58.8 Å². The Kier molecular flexibility index (Phi) is 10.9. The highest BCUT2D eigenvalue weighted by atomic mass is 16.5. The first-order chi connectivity index (χ1) is 6.81. The van der Waals surface area contributed by atoms with Crippen LogP contribution in [-0.4, -0.2) is 24.4 Å². The average molecular weight is 202 g/mol. The molecule has 2 heteroatoms. The predicted molar refractivity (Wildman–Crippen MR) is 60.5 cm³/mol. The molecule has 1 unspecified atom stereocenters. The zero-order valence-electron chi connectivity index (χ0n) is 9.80. The monoisotopic (exact) mass is 202 g/mol. The van der Waals surface area contributed by atoms with Gasteiger partial charge in [-0.3, -0.25) is 0 Å². The average Bonchev–Trinajstić information content (AvgIpc) is 2.21. The van der Waals surface area contributed by atoms with Crippen molar-refractivity contribution in [2.24, 2.45) is 0 Å². The molecule has 0 aromatic heterocycles. The summed E-state index contributed by atoms with van der Waals surface area (Å²) in [6.07, 6.45) is 9.17. The third-order valence-corrected chi connectivity index (χ3v) is 2.41. The number of rotatable bonds is 10. The third-order valence-electron chi connectivity index (χ3n) is 2.41. The van der Waals surface area contributed by atoms with Gasteiger partial charge in [0.05, 0.1) is 12.7 Å². The number of hydrogen-bond acceptors (Lipinski definition) is 2. The van der Waals surface area contributed by atoms with Crippen molar-refractivity contribution in [3.8, 4) is 0 Å². The molecule has 0 aliphatic carbocycles. The molecule has 2 nitrogen and oxygen atoms in total. The highest BCUT2D eigenvalue weighted by Crippen LogP contribution is 2.07. The van der Waals surface area contributed by atoms with Crippen molar-refractivity contribution in [1.82, 2.24) is 0 Å². The Bertz CT molecular complexity index is 104. The molecule has 0 amide bonds. The minimum absolute atomic E-state index is 0.00934. The van der Waals surface area contributed by atoms with Gasteiger partial charge in [-0.2, -0.15) is 0 Å². The first-order valence-electron chi connectivity index (χ1n) is 6.03. The van der Waals surface area contributed by atoms with E-state index in [0.29, 0.717) is 0 Å². The second-order valence-electron chi connectivity index (χ2n) is 3.99. The van der Waals surface area contributed by atoms with E-state index in [9.17, 15) is 0 Å². The first-order valence-corrected chi connectivity index (χ1v) is 6.03. The maximum atomic E-state index is 8.71. The van der Waals surface area contributed by atoms with E-state index in [1.165, 1.54) is 38.5 Å². The summed E-state index contributed by atoms with van der Waals surface area (Å²) in [4.78, 5) is 0. The van der Waals surface area contributed by atoms with Crippen LogP contribution in [0.5, 0.6) is 0 Å². The third kappa shape index (κ3) is 10.0. The molecule has 0 saturated heterocycles. The van der Waals surface area contributed by atoms with E-state index in [0.717, 1.165) is 13.0 Å². The number of unbranched alkanes of at least 4 members (excludes halogenated alkanes) is 6. The molecule has 0 saturated carbocycles. The zero-order chi connectivity index (χ0) is 10.6. The van der Waals surface area contributed by atoms with E-state index in [1.807, 2.05) is 6.92 Å². The summed E-state index contributed by atoms with van der Waals surface area (Å²) in [5.41, 5.74) is 0. The zero-order valence-corrected chi connectivity index (χ0v) is 9.80. The molecule has 0 rings (SSSR count). The summed E-state index contributed by atoms with van der Waals surface area (Å²) >= 11 is 0. The maximum Gasteiger partial charge on any atom is 0.0777 e. The van der Waals surface area contributed by atoms with E-state index in [1.54, 1.807) is 0 Å². The van der Waals surface area contributed by atoms with Crippen LogP contribution in [0.2, 0.25) is 0 Å². The Labute approximate surface area is 88.7 Å². The lowest BCUT2D eigenvalue weighted by Gasteiger charge is -2.09. The topological polar surface area (TPSA) is 29.5 Å². The van der Waals surface area contributed by atoms with Crippen LogP contribution in [-0.2, 0) is 4.74 Å². The van der Waals surface area contributed by atoms with Gasteiger partial charge in [0.15, 0.2) is 0 Å².